The highest BCUT2D eigenvalue weighted by atomic mass is 16.2. The summed E-state index contributed by atoms with van der Waals surface area (Å²) in [5.74, 6) is -0.148. The molecule has 2 aliphatic heterocycles. The van der Waals surface area contributed by atoms with Crippen molar-refractivity contribution in [1.82, 2.24) is 14.8 Å². The van der Waals surface area contributed by atoms with Gasteiger partial charge in [-0.2, -0.15) is 0 Å². The van der Waals surface area contributed by atoms with Crippen molar-refractivity contribution in [3.8, 4) is 0 Å². The van der Waals surface area contributed by atoms with Crippen LogP contribution in [0.25, 0.3) is 0 Å². The molecule has 0 radical (unpaired) electrons. The van der Waals surface area contributed by atoms with Crippen molar-refractivity contribution in [3.05, 3.63) is 101 Å². The molecular weight excluding hydrogens is 422 g/mol. The van der Waals surface area contributed by atoms with Gasteiger partial charge < -0.3 is 9.80 Å². The number of carbonyl (C=O) groups excluding carboxylic acids is 2. The fourth-order valence-corrected chi connectivity index (χ4v) is 5.37. The Kier molecular flexibility index (Phi) is 6.70. The van der Waals surface area contributed by atoms with Gasteiger partial charge in [-0.05, 0) is 61.8 Å². The fraction of sp³-hybridized carbons (Fsp3) is 0.345. The highest BCUT2D eigenvalue weighted by Gasteiger charge is 2.32. The number of amides is 2. The maximum atomic E-state index is 13.4. The van der Waals surface area contributed by atoms with Gasteiger partial charge in [0.2, 0.25) is 0 Å². The van der Waals surface area contributed by atoms with Gasteiger partial charge in [-0.1, -0.05) is 66.7 Å². The van der Waals surface area contributed by atoms with Crippen LogP contribution in [-0.4, -0.2) is 51.8 Å². The first kappa shape index (κ1) is 22.3. The van der Waals surface area contributed by atoms with E-state index in [4.69, 9.17) is 0 Å². The van der Waals surface area contributed by atoms with Gasteiger partial charge in [-0.15, -0.1) is 0 Å². The van der Waals surface area contributed by atoms with Crippen molar-refractivity contribution >= 4 is 11.8 Å². The van der Waals surface area contributed by atoms with Crippen molar-refractivity contribution in [2.45, 2.75) is 50.6 Å². The molecule has 0 spiro atoms. The molecule has 2 saturated heterocycles. The molecule has 2 fully saturated rings. The van der Waals surface area contributed by atoms with Gasteiger partial charge in [0.15, 0.2) is 0 Å². The third-order valence-corrected chi connectivity index (χ3v) is 7.09. The van der Waals surface area contributed by atoms with E-state index in [0.717, 1.165) is 51.6 Å². The lowest BCUT2D eigenvalue weighted by atomic mass is 10.0. The molecule has 0 unspecified atom stereocenters. The molecule has 3 aromatic rings. The van der Waals surface area contributed by atoms with E-state index < -0.39 is 0 Å². The molecule has 3 heterocycles. The standard InChI is InChI=1S/C29H31N3O2/c33-28(31-18-8-14-24(31)20-22-10-3-1-4-11-22)26-16-7-17-27(30-26)29(34)32-19-9-15-25(32)21-23-12-5-2-6-13-23/h1-7,10-13,16-17,24-25H,8-9,14-15,18-21H2/t24-,25-/m1/s1. The zero-order valence-electron chi connectivity index (χ0n) is 19.5. The molecule has 2 aromatic carbocycles. The van der Waals surface area contributed by atoms with Crippen LogP contribution in [-0.2, 0) is 12.8 Å². The molecule has 2 amide bonds. The third kappa shape index (κ3) is 4.89. The van der Waals surface area contributed by atoms with Crippen LogP contribution in [0.3, 0.4) is 0 Å². The number of carbonyl (C=O) groups is 2. The van der Waals surface area contributed by atoms with Crippen LogP contribution in [0.5, 0.6) is 0 Å². The van der Waals surface area contributed by atoms with Gasteiger partial charge in [-0.3, -0.25) is 9.59 Å². The number of likely N-dealkylation sites (tertiary alicyclic amines) is 2. The Balaban J connectivity index is 1.30. The summed E-state index contributed by atoms with van der Waals surface area (Å²) < 4.78 is 0. The summed E-state index contributed by atoms with van der Waals surface area (Å²) >= 11 is 0. The van der Waals surface area contributed by atoms with Crippen LogP contribution in [0.1, 0.15) is 57.8 Å². The molecule has 0 N–H and O–H groups in total. The second-order valence-electron chi connectivity index (χ2n) is 9.38. The summed E-state index contributed by atoms with van der Waals surface area (Å²) in [4.78, 5) is 35.2. The van der Waals surface area contributed by atoms with Gasteiger partial charge in [0, 0.05) is 25.2 Å². The summed E-state index contributed by atoms with van der Waals surface area (Å²) in [6, 6.07) is 26.2. The highest BCUT2D eigenvalue weighted by molar-refractivity contribution is 5.96. The summed E-state index contributed by atoms with van der Waals surface area (Å²) in [7, 11) is 0. The quantitative estimate of drug-likeness (QED) is 0.540. The monoisotopic (exact) mass is 453 g/mol. The second-order valence-corrected chi connectivity index (χ2v) is 9.38. The van der Waals surface area contributed by atoms with Crippen LogP contribution >= 0.6 is 0 Å². The number of hydrogen-bond acceptors (Lipinski definition) is 3. The first-order valence-electron chi connectivity index (χ1n) is 12.4. The van der Waals surface area contributed by atoms with Crippen molar-refractivity contribution in [2.24, 2.45) is 0 Å². The zero-order chi connectivity index (χ0) is 23.3. The minimum absolute atomic E-state index is 0.0738. The largest absolute Gasteiger partial charge is 0.334 e. The third-order valence-electron chi connectivity index (χ3n) is 7.09. The minimum atomic E-state index is -0.0738. The SMILES string of the molecule is O=C(c1cccc(C(=O)N2CCC[C@@H]2Cc2ccccc2)n1)N1CCC[C@@H]1Cc1ccccc1. The Morgan fingerprint density at radius 1 is 0.647 bits per heavy atom. The van der Waals surface area contributed by atoms with Crippen LogP contribution in [0.2, 0.25) is 0 Å². The van der Waals surface area contributed by atoms with E-state index in [0.29, 0.717) is 11.4 Å². The van der Waals surface area contributed by atoms with Gasteiger partial charge in [0.05, 0.1) is 0 Å². The number of aromatic nitrogens is 1. The number of rotatable bonds is 6. The summed E-state index contributed by atoms with van der Waals surface area (Å²) in [6.45, 7) is 1.48. The second kappa shape index (κ2) is 10.2. The molecule has 0 bridgehead atoms. The molecule has 2 atom stereocenters. The molecule has 5 heteroatoms. The number of hydrogen-bond donors (Lipinski definition) is 0. The Bertz CT molecular complexity index is 1050. The number of nitrogens with zero attached hydrogens (tertiary/aromatic N) is 3. The van der Waals surface area contributed by atoms with E-state index in [1.54, 1.807) is 18.2 Å². The first-order chi connectivity index (χ1) is 16.7. The molecule has 2 aliphatic rings. The minimum Gasteiger partial charge on any atom is -0.334 e. The average Bonchev–Trinajstić information content (AvgIpc) is 3.54. The smallest absolute Gasteiger partial charge is 0.272 e. The molecule has 1 aromatic heterocycles. The van der Waals surface area contributed by atoms with Crippen molar-refractivity contribution in [1.29, 1.82) is 0 Å². The Morgan fingerprint density at radius 3 is 1.53 bits per heavy atom. The normalized spacial score (nSPS) is 20.0. The van der Waals surface area contributed by atoms with Crippen molar-refractivity contribution in [2.75, 3.05) is 13.1 Å². The number of pyridine rings is 1. The Hall–Kier alpha value is -3.47. The topological polar surface area (TPSA) is 53.5 Å². The predicted octanol–water partition coefficient (Wildman–Crippen LogP) is 4.78. The van der Waals surface area contributed by atoms with Crippen LogP contribution in [0, 0.1) is 0 Å². The van der Waals surface area contributed by atoms with Crippen LogP contribution < -0.4 is 0 Å². The fourth-order valence-electron chi connectivity index (χ4n) is 5.37. The van der Waals surface area contributed by atoms with E-state index in [1.165, 1.54) is 11.1 Å². The lowest BCUT2D eigenvalue weighted by Gasteiger charge is -2.26. The maximum absolute atomic E-state index is 13.4. The van der Waals surface area contributed by atoms with Crippen LogP contribution in [0.15, 0.2) is 78.9 Å². The van der Waals surface area contributed by atoms with Crippen molar-refractivity contribution < 1.29 is 9.59 Å². The molecule has 5 rings (SSSR count). The average molecular weight is 454 g/mol. The van der Waals surface area contributed by atoms with Crippen LogP contribution in [0.4, 0.5) is 0 Å². The highest BCUT2D eigenvalue weighted by Crippen LogP contribution is 2.25. The molecule has 5 nitrogen and oxygen atoms in total. The van der Waals surface area contributed by atoms with Crippen molar-refractivity contribution in [3.63, 3.8) is 0 Å². The Morgan fingerprint density at radius 2 is 1.09 bits per heavy atom. The lowest BCUT2D eigenvalue weighted by molar-refractivity contribution is 0.0723. The first-order valence-corrected chi connectivity index (χ1v) is 12.4. The van der Waals surface area contributed by atoms with Gasteiger partial charge in [0.25, 0.3) is 11.8 Å². The predicted molar refractivity (Wildman–Crippen MR) is 133 cm³/mol. The number of benzene rings is 2. The summed E-state index contributed by atoms with van der Waals surface area (Å²) in [6.07, 6.45) is 5.68. The van der Waals surface area contributed by atoms with E-state index in [-0.39, 0.29) is 23.9 Å². The molecule has 0 saturated carbocycles. The summed E-state index contributed by atoms with van der Waals surface area (Å²) in [5.41, 5.74) is 3.21. The van der Waals surface area contributed by atoms with Gasteiger partial charge >= 0.3 is 0 Å². The molecule has 0 aliphatic carbocycles. The Labute approximate surface area is 201 Å². The van der Waals surface area contributed by atoms with E-state index in [9.17, 15) is 9.59 Å². The lowest BCUT2D eigenvalue weighted by Crippen LogP contribution is -2.39. The maximum Gasteiger partial charge on any atom is 0.272 e. The molecule has 34 heavy (non-hydrogen) atoms. The van der Waals surface area contributed by atoms with E-state index >= 15 is 0 Å². The van der Waals surface area contributed by atoms with Gasteiger partial charge in [-0.25, -0.2) is 4.98 Å². The molecule has 174 valence electrons. The summed E-state index contributed by atoms with van der Waals surface area (Å²) in [5, 5.41) is 0. The van der Waals surface area contributed by atoms with E-state index in [1.807, 2.05) is 46.2 Å². The molecular formula is C29H31N3O2. The van der Waals surface area contributed by atoms with Gasteiger partial charge in [0.1, 0.15) is 11.4 Å². The zero-order valence-corrected chi connectivity index (χ0v) is 19.5. The van der Waals surface area contributed by atoms with E-state index in [2.05, 4.69) is 29.2 Å².